The lowest BCUT2D eigenvalue weighted by atomic mass is 9.98. The lowest BCUT2D eigenvalue weighted by Crippen LogP contribution is -2.29. The second-order valence-corrected chi connectivity index (χ2v) is 7.97. The molecule has 0 bridgehead atoms. The maximum atomic E-state index is 12.6. The molecule has 1 aliphatic carbocycles. The molecule has 1 aromatic heterocycles. The van der Waals surface area contributed by atoms with E-state index in [-0.39, 0.29) is 12.6 Å². The van der Waals surface area contributed by atoms with Gasteiger partial charge in [-0.1, -0.05) is 19.8 Å². The number of hydrazone groups is 1. The lowest BCUT2D eigenvalue weighted by Gasteiger charge is -2.25. The van der Waals surface area contributed by atoms with Crippen LogP contribution in [0.4, 0.5) is 24.7 Å². The number of unbranched alkanes of at least 4 members (excludes halogenated alkanes) is 1. The van der Waals surface area contributed by atoms with Crippen molar-refractivity contribution in [3.05, 3.63) is 11.6 Å². The predicted molar refractivity (Wildman–Crippen MR) is 111 cm³/mol. The summed E-state index contributed by atoms with van der Waals surface area (Å²) in [4.78, 5) is 6.49. The highest BCUT2D eigenvalue weighted by Gasteiger charge is 2.37. The smallest absolute Gasteiger partial charge is 0.474 e. The number of hydrogen-bond acceptors (Lipinski definition) is 6. The first-order valence-corrected chi connectivity index (χ1v) is 10.8. The van der Waals surface area contributed by atoms with E-state index < -0.39 is 12.5 Å². The van der Waals surface area contributed by atoms with Crippen LogP contribution in [0.5, 0.6) is 5.88 Å². The van der Waals surface area contributed by atoms with Gasteiger partial charge in [0.15, 0.2) is 0 Å². The number of pyridine rings is 1. The topological polar surface area (TPSA) is 59.0 Å². The first kappa shape index (κ1) is 22.7. The van der Waals surface area contributed by atoms with E-state index in [0.29, 0.717) is 24.7 Å². The first-order valence-electron chi connectivity index (χ1n) is 10.8. The number of alkyl halides is 3. The Hall–Kier alpha value is -2.03. The van der Waals surface area contributed by atoms with Crippen LogP contribution in [-0.4, -0.2) is 42.9 Å². The van der Waals surface area contributed by atoms with Crippen LogP contribution >= 0.6 is 0 Å². The zero-order chi connectivity index (χ0) is 21.6. The van der Waals surface area contributed by atoms with Gasteiger partial charge in [0.25, 0.3) is 0 Å². The van der Waals surface area contributed by atoms with Crippen LogP contribution in [0.2, 0.25) is 0 Å². The molecule has 1 saturated carbocycles. The van der Waals surface area contributed by atoms with E-state index in [0.717, 1.165) is 49.8 Å². The number of halogens is 3. The zero-order valence-electron chi connectivity index (χ0n) is 17.7. The van der Waals surface area contributed by atoms with Crippen molar-refractivity contribution < 1.29 is 22.6 Å². The highest BCUT2D eigenvalue weighted by Crippen LogP contribution is 2.34. The maximum Gasteiger partial charge on any atom is 0.522 e. The molecule has 1 aliphatic heterocycles. The number of nitrogens with one attached hydrogen (secondary N) is 1. The number of nitrogens with zero attached hydrogens (tertiary/aromatic N) is 3. The van der Waals surface area contributed by atoms with Gasteiger partial charge in [-0.15, -0.1) is 13.2 Å². The van der Waals surface area contributed by atoms with Crippen molar-refractivity contribution >= 4 is 17.7 Å². The predicted octanol–water partition coefficient (Wildman–Crippen LogP) is 5.41. The number of anilines is 2. The average molecular weight is 428 g/mol. The van der Waals surface area contributed by atoms with Crippen molar-refractivity contribution in [1.29, 1.82) is 0 Å². The third-order valence-corrected chi connectivity index (χ3v) is 5.50. The summed E-state index contributed by atoms with van der Waals surface area (Å²) < 4.78 is 48.2. The molecule has 0 radical (unpaired) electrons. The van der Waals surface area contributed by atoms with E-state index >= 15 is 0 Å². The van der Waals surface area contributed by atoms with Gasteiger partial charge < -0.3 is 9.64 Å². The molecule has 2 heterocycles. The molecule has 9 heteroatoms. The van der Waals surface area contributed by atoms with Gasteiger partial charge >= 0.3 is 6.36 Å². The minimum Gasteiger partial charge on any atom is -0.474 e. The molecule has 1 aromatic rings. The number of ether oxygens (including phenoxy) is 2. The van der Waals surface area contributed by atoms with Crippen molar-refractivity contribution in [3.8, 4) is 5.88 Å². The average Bonchev–Trinajstić information content (AvgIpc) is 3.14. The molecule has 2 aliphatic rings. The summed E-state index contributed by atoms with van der Waals surface area (Å²) in [5, 5.41) is 4.26. The summed E-state index contributed by atoms with van der Waals surface area (Å²) in [6.07, 6.45) is 4.05. The van der Waals surface area contributed by atoms with E-state index in [1.807, 2.05) is 24.1 Å². The SMILES string of the molecule is CCC/C=N/Nc1cc(OC2CCCCC2)nc(N2CCC(OC(F)(F)F)C2)c1C. The Morgan fingerprint density at radius 2 is 2.00 bits per heavy atom. The van der Waals surface area contributed by atoms with Gasteiger partial charge in [0.05, 0.1) is 11.8 Å². The monoisotopic (exact) mass is 428 g/mol. The molecule has 30 heavy (non-hydrogen) atoms. The van der Waals surface area contributed by atoms with Crippen LogP contribution in [0.3, 0.4) is 0 Å². The molecule has 168 valence electrons. The van der Waals surface area contributed by atoms with Crippen molar-refractivity contribution in [3.63, 3.8) is 0 Å². The summed E-state index contributed by atoms with van der Waals surface area (Å²) in [7, 11) is 0. The largest absolute Gasteiger partial charge is 0.522 e. The van der Waals surface area contributed by atoms with E-state index in [4.69, 9.17) is 4.74 Å². The fourth-order valence-corrected chi connectivity index (χ4v) is 3.93. The number of aromatic nitrogens is 1. The Morgan fingerprint density at radius 3 is 2.70 bits per heavy atom. The van der Waals surface area contributed by atoms with E-state index in [1.54, 1.807) is 0 Å². The van der Waals surface area contributed by atoms with Crippen molar-refractivity contribution in [2.75, 3.05) is 23.4 Å². The lowest BCUT2D eigenvalue weighted by molar-refractivity contribution is -0.339. The van der Waals surface area contributed by atoms with Gasteiger partial charge in [-0.3, -0.25) is 10.2 Å². The highest BCUT2D eigenvalue weighted by molar-refractivity contribution is 5.66. The van der Waals surface area contributed by atoms with Gasteiger partial charge in [-0.05, 0) is 45.4 Å². The number of hydrogen-bond donors (Lipinski definition) is 1. The van der Waals surface area contributed by atoms with Gasteiger partial charge in [-0.25, -0.2) is 0 Å². The third kappa shape index (κ3) is 6.48. The molecule has 1 atom stereocenters. The van der Waals surface area contributed by atoms with Crippen LogP contribution in [0, 0.1) is 6.92 Å². The molecule has 0 amide bonds. The van der Waals surface area contributed by atoms with Crippen molar-refractivity contribution in [1.82, 2.24) is 4.98 Å². The van der Waals surface area contributed by atoms with Gasteiger partial charge in [-0.2, -0.15) is 10.1 Å². The number of rotatable bonds is 8. The van der Waals surface area contributed by atoms with Gasteiger partial charge in [0.2, 0.25) is 5.88 Å². The molecular weight excluding hydrogens is 397 g/mol. The summed E-state index contributed by atoms with van der Waals surface area (Å²) in [6, 6.07) is 1.83. The molecule has 3 rings (SSSR count). The van der Waals surface area contributed by atoms with Crippen LogP contribution in [0.15, 0.2) is 11.2 Å². The second-order valence-electron chi connectivity index (χ2n) is 7.97. The fraction of sp³-hybridized carbons (Fsp3) is 0.714. The fourth-order valence-electron chi connectivity index (χ4n) is 3.93. The minimum absolute atomic E-state index is 0.123. The van der Waals surface area contributed by atoms with Crippen molar-refractivity contribution in [2.45, 2.75) is 83.8 Å². The zero-order valence-corrected chi connectivity index (χ0v) is 17.7. The molecule has 1 N–H and O–H groups in total. The molecule has 6 nitrogen and oxygen atoms in total. The van der Waals surface area contributed by atoms with E-state index in [9.17, 15) is 13.2 Å². The molecule has 2 fully saturated rings. The molecule has 1 saturated heterocycles. The Labute approximate surface area is 175 Å². The van der Waals surface area contributed by atoms with Gasteiger partial charge in [0.1, 0.15) is 11.9 Å². The molecule has 1 unspecified atom stereocenters. The molecule has 0 spiro atoms. The minimum atomic E-state index is -4.63. The summed E-state index contributed by atoms with van der Waals surface area (Å²) in [6.45, 7) is 4.55. The van der Waals surface area contributed by atoms with Crippen LogP contribution in [0.1, 0.15) is 63.9 Å². The normalized spacial score (nSPS) is 20.8. The van der Waals surface area contributed by atoms with Crippen LogP contribution < -0.4 is 15.1 Å². The summed E-state index contributed by atoms with van der Waals surface area (Å²) >= 11 is 0. The maximum absolute atomic E-state index is 12.6. The van der Waals surface area contributed by atoms with E-state index in [1.165, 1.54) is 6.42 Å². The van der Waals surface area contributed by atoms with Gasteiger partial charge in [0, 0.05) is 30.9 Å². The summed E-state index contributed by atoms with van der Waals surface area (Å²) in [5.74, 6) is 1.10. The van der Waals surface area contributed by atoms with Crippen LogP contribution in [-0.2, 0) is 4.74 Å². The quantitative estimate of drug-likeness (QED) is 0.443. The Kier molecular flexibility index (Phi) is 7.80. The highest BCUT2D eigenvalue weighted by atomic mass is 19.4. The Bertz CT molecular complexity index is 721. The summed E-state index contributed by atoms with van der Waals surface area (Å²) in [5.41, 5.74) is 4.62. The first-order chi connectivity index (χ1) is 14.4. The standard InChI is InChI=1S/C21H31F3N4O2/c1-3-4-11-25-27-18-13-19(29-16-8-6-5-7-9-16)26-20(15(18)2)28-12-10-17(14-28)30-21(22,23)24/h11,13,16-17H,3-10,12,14H2,1-2H3,(H,26,27)/b25-11+. The van der Waals surface area contributed by atoms with Crippen LogP contribution in [0.25, 0.3) is 0 Å². The molecule has 0 aromatic carbocycles. The Balaban J connectivity index is 1.80. The van der Waals surface area contributed by atoms with Crippen molar-refractivity contribution in [2.24, 2.45) is 5.10 Å². The Morgan fingerprint density at radius 1 is 1.23 bits per heavy atom. The third-order valence-electron chi connectivity index (χ3n) is 5.50. The van der Waals surface area contributed by atoms with E-state index in [2.05, 4.69) is 27.2 Å². The molecular formula is C21H31F3N4O2. The second kappa shape index (κ2) is 10.3.